The standard InChI is InChI=1S/C28H35BrFN3O2/c1-24(2,3)22-31-32-23(35-22)27-10-7-25(8-11-27,9-12-27)18-33(20-6-4-5-19(29)13-20)21(34)14-26-15-28(30,16-26)17-26/h4-6,13H,7-12,14-18H2,1-3H3. The summed E-state index contributed by atoms with van der Waals surface area (Å²) in [5, 5.41) is 8.86. The number of amides is 1. The monoisotopic (exact) mass is 543 g/mol. The number of carbonyl (C=O) groups excluding carboxylic acids is 1. The SMILES string of the molecule is CC(C)(C)c1nnc(C23CCC(CN(C(=O)CC45CC(F)(C4)C5)c4cccc(Br)c4)(CC2)CC3)o1. The summed E-state index contributed by atoms with van der Waals surface area (Å²) in [4.78, 5) is 15.7. The molecule has 4 bridgehead atoms. The Labute approximate surface area is 215 Å². The van der Waals surface area contributed by atoms with Crippen LogP contribution in [-0.4, -0.2) is 28.3 Å². The average molecular weight is 545 g/mol. The van der Waals surface area contributed by atoms with Gasteiger partial charge in [0.1, 0.15) is 5.67 Å². The highest BCUT2D eigenvalue weighted by molar-refractivity contribution is 9.10. The van der Waals surface area contributed by atoms with E-state index in [2.05, 4.69) is 46.9 Å². The average Bonchev–Trinajstić information content (AvgIpc) is 3.29. The summed E-state index contributed by atoms with van der Waals surface area (Å²) in [6.07, 6.45) is 8.37. The molecule has 6 saturated carbocycles. The van der Waals surface area contributed by atoms with Crippen LogP contribution < -0.4 is 4.90 Å². The van der Waals surface area contributed by atoms with Crippen LogP contribution in [0.15, 0.2) is 33.2 Å². The number of carbonyl (C=O) groups is 1. The van der Waals surface area contributed by atoms with E-state index in [0.29, 0.717) is 31.6 Å². The molecule has 7 heteroatoms. The second-order valence-electron chi connectivity index (χ2n) is 13.3. The van der Waals surface area contributed by atoms with Crippen LogP contribution in [0.3, 0.4) is 0 Å². The fourth-order valence-corrected chi connectivity index (χ4v) is 7.72. The predicted octanol–water partition coefficient (Wildman–Crippen LogP) is 7.04. The number of alkyl halides is 1. The molecule has 6 aliphatic rings. The lowest BCUT2D eigenvalue weighted by Crippen LogP contribution is -2.65. The van der Waals surface area contributed by atoms with Crippen molar-refractivity contribution in [2.45, 2.75) is 101 Å². The molecule has 1 aromatic carbocycles. The summed E-state index contributed by atoms with van der Waals surface area (Å²) in [7, 11) is 0. The van der Waals surface area contributed by atoms with Crippen molar-refractivity contribution in [3.8, 4) is 0 Å². The second kappa shape index (κ2) is 7.62. The van der Waals surface area contributed by atoms with Gasteiger partial charge >= 0.3 is 0 Å². The number of fused-ring (bicyclic) bond motifs is 3. The van der Waals surface area contributed by atoms with Crippen molar-refractivity contribution in [3.05, 3.63) is 40.5 Å². The minimum Gasteiger partial charge on any atom is -0.424 e. The van der Waals surface area contributed by atoms with E-state index in [1.807, 2.05) is 29.2 Å². The van der Waals surface area contributed by atoms with Crippen molar-refractivity contribution >= 4 is 27.5 Å². The summed E-state index contributed by atoms with van der Waals surface area (Å²) in [6.45, 7) is 7.03. The van der Waals surface area contributed by atoms with Crippen LogP contribution in [0, 0.1) is 10.8 Å². The zero-order chi connectivity index (χ0) is 24.7. The third-order valence-corrected chi connectivity index (χ3v) is 9.93. The lowest BCUT2D eigenvalue weighted by molar-refractivity contribution is -0.215. The predicted molar refractivity (Wildman–Crippen MR) is 136 cm³/mol. The van der Waals surface area contributed by atoms with Crippen LogP contribution in [0.2, 0.25) is 0 Å². The van der Waals surface area contributed by atoms with Crippen LogP contribution in [0.25, 0.3) is 0 Å². The van der Waals surface area contributed by atoms with Crippen molar-refractivity contribution in [3.63, 3.8) is 0 Å². The fourth-order valence-electron chi connectivity index (χ4n) is 7.33. The third-order valence-electron chi connectivity index (χ3n) is 9.44. The minimum atomic E-state index is -0.975. The van der Waals surface area contributed by atoms with E-state index in [1.165, 1.54) is 0 Å². The first-order valence-corrected chi connectivity index (χ1v) is 13.8. The van der Waals surface area contributed by atoms with E-state index in [4.69, 9.17) is 4.42 Å². The lowest BCUT2D eigenvalue weighted by atomic mass is 9.41. The van der Waals surface area contributed by atoms with E-state index in [-0.39, 0.29) is 27.6 Å². The largest absolute Gasteiger partial charge is 0.424 e. The van der Waals surface area contributed by atoms with Gasteiger partial charge in [0.2, 0.25) is 17.7 Å². The molecule has 1 heterocycles. The maximum absolute atomic E-state index is 14.1. The van der Waals surface area contributed by atoms with Gasteiger partial charge in [0.25, 0.3) is 0 Å². The maximum Gasteiger partial charge on any atom is 0.227 e. The van der Waals surface area contributed by atoms with Crippen LogP contribution in [0.5, 0.6) is 0 Å². The molecule has 0 spiro atoms. The summed E-state index contributed by atoms with van der Waals surface area (Å²) in [5.74, 6) is 1.66. The minimum absolute atomic E-state index is 0.0237. The molecule has 0 unspecified atom stereocenters. The molecule has 1 aromatic heterocycles. The lowest BCUT2D eigenvalue weighted by Gasteiger charge is -2.66. The number of hydrogen-bond donors (Lipinski definition) is 0. The van der Waals surface area contributed by atoms with E-state index in [0.717, 1.165) is 61.1 Å². The number of benzene rings is 1. The molecule has 2 aromatic rings. The van der Waals surface area contributed by atoms with Gasteiger partial charge in [0.05, 0.1) is 0 Å². The number of rotatable bonds is 6. The second-order valence-corrected chi connectivity index (χ2v) is 14.2. The molecule has 6 aliphatic carbocycles. The van der Waals surface area contributed by atoms with Crippen LogP contribution in [0.1, 0.15) is 96.8 Å². The molecule has 1 amide bonds. The van der Waals surface area contributed by atoms with Gasteiger partial charge in [-0.1, -0.05) is 42.8 Å². The number of hydrogen-bond acceptors (Lipinski definition) is 4. The van der Waals surface area contributed by atoms with E-state index >= 15 is 0 Å². The van der Waals surface area contributed by atoms with Crippen molar-refractivity contribution in [2.24, 2.45) is 10.8 Å². The van der Waals surface area contributed by atoms with Gasteiger partial charge < -0.3 is 9.32 Å². The summed E-state index contributed by atoms with van der Waals surface area (Å²) < 4.78 is 21.3. The van der Waals surface area contributed by atoms with Crippen LogP contribution in [-0.2, 0) is 15.6 Å². The van der Waals surface area contributed by atoms with Crippen molar-refractivity contribution in [1.29, 1.82) is 0 Å². The van der Waals surface area contributed by atoms with Gasteiger partial charge in [-0.15, -0.1) is 10.2 Å². The molecular weight excluding hydrogens is 509 g/mol. The first-order valence-electron chi connectivity index (χ1n) is 13.0. The number of nitrogens with zero attached hydrogens (tertiary/aromatic N) is 3. The Morgan fingerprint density at radius 1 is 1.06 bits per heavy atom. The van der Waals surface area contributed by atoms with E-state index in [9.17, 15) is 9.18 Å². The molecule has 0 aliphatic heterocycles. The highest BCUT2D eigenvalue weighted by Gasteiger charge is 2.69. The Hall–Kier alpha value is -1.76. The molecule has 0 N–H and O–H groups in total. The normalized spacial score (nSPS) is 35.3. The van der Waals surface area contributed by atoms with E-state index < -0.39 is 5.67 Å². The zero-order valence-corrected chi connectivity index (χ0v) is 22.6. The molecule has 6 fully saturated rings. The van der Waals surface area contributed by atoms with Gasteiger partial charge in [-0.25, -0.2) is 4.39 Å². The highest BCUT2D eigenvalue weighted by Crippen LogP contribution is 2.71. The third kappa shape index (κ3) is 3.96. The molecule has 188 valence electrons. The Kier molecular flexibility index (Phi) is 5.15. The number of anilines is 1. The van der Waals surface area contributed by atoms with Gasteiger partial charge in [-0.05, 0) is 86.8 Å². The van der Waals surface area contributed by atoms with Crippen LogP contribution >= 0.6 is 15.9 Å². The Morgan fingerprint density at radius 2 is 1.71 bits per heavy atom. The molecule has 0 radical (unpaired) electrons. The fraction of sp³-hybridized carbons (Fsp3) is 0.679. The molecule has 5 nitrogen and oxygen atoms in total. The quantitative estimate of drug-likeness (QED) is 0.392. The number of aromatic nitrogens is 2. The first-order chi connectivity index (χ1) is 16.4. The maximum atomic E-state index is 14.1. The van der Waals surface area contributed by atoms with Gasteiger partial charge in [-0.2, -0.15) is 0 Å². The Morgan fingerprint density at radius 3 is 2.26 bits per heavy atom. The first kappa shape index (κ1) is 23.6. The zero-order valence-electron chi connectivity index (χ0n) is 21.0. The summed E-state index contributed by atoms with van der Waals surface area (Å²) >= 11 is 3.58. The Balaban J connectivity index is 1.20. The van der Waals surface area contributed by atoms with Gasteiger partial charge in [0.15, 0.2) is 0 Å². The van der Waals surface area contributed by atoms with Crippen molar-refractivity contribution in [2.75, 3.05) is 11.4 Å². The summed E-state index contributed by atoms with van der Waals surface area (Å²) in [6, 6.07) is 8.05. The van der Waals surface area contributed by atoms with Gasteiger partial charge in [0, 0.05) is 34.0 Å². The van der Waals surface area contributed by atoms with Gasteiger partial charge in [-0.3, -0.25) is 4.79 Å². The molecular formula is C28H35BrFN3O2. The Bertz CT molecular complexity index is 1120. The smallest absolute Gasteiger partial charge is 0.227 e. The van der Waals surface area contributed by atoms with Crippen LogP contribution in [0.4, 0.5) is 10.1 Å². The van der Waals surface area contributed by atoms with Crippen molar-refractivity contribution in [1.82, 2.24) is 10.2 Å². The molecule has 8 rings (SSSR count). The summed E-state index contributed by atoms with van der Waals surface area (Å²) in [5.41, 5.74) is -0.198. The topological polar surface area (TPSA) is 59.2 Å². The van der Waals surface area contributed by atoms with Crippen molar-refractivity contribution < 1.29 is 13.6 Å². The molecule has 35 heavy (non-hydrogen) atoms. The molecule has 0 atom stereocenters. The number of halogens is 2. The molecule has 0 saturated heterocycles. The highest BCUT2D eigenvalue weighted by atomic mass is 79.9. The van der Waals surface area contributed by atoms with E-state index in [1.54, 1.807) is 0 Å².